The first-order chi connectivity index (χ1) is 11.6. The van der Waals surface area contributed by atoms with Crippen LogP contribution in [0.15, 0.2) is 48.7 Å². The van der Waals surface area contributed by atoms with Gasteiger partial charge in [0.25, 0.3) is 5.91 Å². The van der Waals surface area contributed by atoms with E-state index < -0.39 is 6.04 Å². The summed E-state index contributed by atoms with van der Waals surface area (Å²) in [6.07, 6.45) is 4.21. The van der Waals surface area contributed by atoms with Crippen LogP contribution in [0, 0.1) is 6.92 Å². The summed E-state index contributed by atoms with van der Waals surface area (Å²) in [5, 5.41) is 2.84. The molecule has 0 spiro atoms. The molecule has 1 saturated heterocycles. The summed E-state index contributed by atoms with van der Waals surface area (Å²) >= 11 is 0. The van der Waals surface area contributed by atoms with Crippen LogP contribution >= 0.6 is 0 Å². The van der Waals surface area contributed by atoms with Crippen LogP contribution in [0.5, 0.6) is 0 Å². The summed E-state index contributed by atoms with van der Waals surface area (Å²) in [5.74, 6) is 0.266. The van der Waals surface area contributed by atoms with Crippen molar-refractivity contribution >= 4 is 17.6 Å². The van der Waals surface area contributed by atoms with E-state index in [9.17, 15) is 9.59 Å². The predicted molar refractivity (Wildman–Crippen MR) is 92.7 cm³/mol. The van der Waals surface area contributed by atoms with Crippen LogP contribution in [-0.2, 0) is 4.79 Å². The van der Waals surface area contributed by atoms with Gasteiger partial charge in [0, 0.05) is 18.3 Å². The number of nitrogens with zero attached hydrogens (tertiary/aromatic N) is 2. The van der Waals surface area contributed by atoms with E-state index in [1.54, 1.807) is 23.2 Å². The standard InChI is InChI=1S/C19H21N3O2/c1-14-10-11-20-17(13-14)21-18(23)16-9-5-6-12-22(16)19(24)15-7-3-2-4-8-15/h2-4,7-8,10-11,13,16H,5-6,9,12H2,1H3,(H,20,21,23)/t16-/m0/s1. The average molecular weight is 323 g/mol. The maximum Gasteiger partial charge on any atom is 0.254 e. The first-order valence-corrected chi connectivity index (χ1v) is 8.25. The van der Waals surface area contributed by atoms with Crippen molar-refractivity contribution in [2.75, 3.05) is 11.9 Å². The molecule has 1 atom stereocenters. The molecular formula is C19H21N3O2. The van der Waals surface area contributed by atoms with Gasteiger partial charge in [-0.2, -0.15) is 0 Å². The van der Waals surface area contributed by atoms with Crippen molar-refractivity contribution in [3.05, 3.63) is 59.8 Å². The van der Waals surface area contributed by atoms with Crippen molar-refractivity contribution in [2.45, 2.75) is 32.2 Å². The molecule has 1 aromatic carbocycles. The Balaban J connectivity index is 1.76. The first kappa shape index (κ1) is 16.2. The number of aryl methyl sites for hydroxylation is 1. The Bertz CT molecular complexity index is 730. The zero-order valence-corrected chi connectivity index (χ0v) is 13.7. The van der Waals surface area contributed by atoms with Crippen LogP contribution in [-0.4, -0.2) is 34.3 Å². The molecule has 124 valence electrons. The monoisotopic (exact) mass is 323 g/mol. The molecule has 1 aromatic heterocycles. The van der Waals surface area contributed by atoms with E-state index in [1.165, 1.54) is 0 Å². The number of pyridine rings is 1. The third-order valence-electron chi connectivity index (χ3n) is 4.25. The van der Waals surface area contributed by atoms with Crippen molar-refractivity contribution in [3.63, 3.8) is 0 Å². The SMILES string of the molecule is Cc1ccnc(NC(=O)[C@@H]2CCCCN2C(=O)c2ccccc2)c1. The lowest BCUT2D eigenvalue weighted by atomic mass is 10.00. The van der Waals surface area contributed by atoms with Crippen LogP contribution in [0.3, 0.4) is 0 Å². The number of aromatic nitrogens is 1. The van der Waals surface area contributed by atoms with Gasteiger partial charge in [-0.25, -0.2) is 4.98 Å². The van der Waals surface area contributed by atoms with E-state index >= 15 is 0 Å². The van der Waals surface area contributed by atoms with Gasteiger partial charge in [0.2, 0.25) is 5.91 Å². The maximum absolute atomic E-state index is 12.8. The number of likely N-dealkylation sites (tertiary alicyclic amines) is 1. The Morgan fingerprint density at radius 1 is 1.17 bits per heavy atom. The molecule has 3 rings (SSSR count). The number of carbonyl (C=O) groups is 2. The van der Waals surface area contributed by atoms with E-state index in [4.69, 9.17) is 0 Å². The topological polar surface area (TPSA) is 62.3 Å². The fraction of sp³-hybridized carbons (Fsp3) is 0.316. The summed E-state index contributed by atoms with van der Waals surface area (Å²) in [5.41, 5.74) is 1.65. The summed E-state index contributed by atoms with van der Waals surface area (Å²) in [6.45, 7) is 2.55. The number of carbonyl (C=O) groups excluding carboxylic acids is 2. The minimum Gasteiger partial charge on any atom is -0.327 e. The van der Waals surface area contributed by atoms with Gasteiger partial charge in [0.05, 0.1) is 0 Å². The zero-order chi connectivity index (χ0) is 16.9. The quantitative estimate of drug-likeness (QED) is 0.944. The summed E-state index contributed by atoms with van der Waals surface area (Å²) < 4.78 is 0. The molecule has 2 heterocycles. The Kier molecular flexibility index (Phi) is 4.89. The Morgan fingerprint density at radius 3 is 2.71 bits per heavy atom. The van der Waals surface area contributed by atoms with Gasteiger partial charge in [-0.3, -0.25) is 9.59 Å². The average Bonchev–Trinajstić information content (AvgIpc) is 2.62. The molecular weight excluding hydrogens is 302 g/mol. The molecule has 2 aromatic rings. The van der Waals surface area contributed by atoms with Gasteiger partial charge < -0.3 is 10.2 Å². The minimum absolute atomic E-state index is 0.0901. The zero-order valence-electron chi connectivity index (χ0n) is 13.7. The van der Waals surface area contributed by atoms with E-state index in [0.29, 0.717) is 24.3 Å². The van der Waals surface area contributed by atoms with Crippen molar-refractivity contribution in [1.29, 1.82) is 0 Å². The highest BCUT2D eigenvalue weighted by molar-refractivity contribution is 6.01. The largest absolute Gasteiger partial charge is 0.327 e. The maximum atomic E-state index is 12.8. The van der Waals surface area contributed by atoms with Crippen molar-refractivity contribution < 1.29 is 9.59 Å². The van der Waals surface area contributed by atoms with Crippen LogP contribution in [0.2, 0.25) is 0 Å². The van der Waals surface area contributed by atoms with Gasteiger partial charge in [-0.15, -0.1) is 0 Å². The molecule has 1 N–H and O–H groups in total. The Labute approximate surface area is 141 Å². The molecule has 1 fully saturated rings. The van der Waals surface area contributed by atoms with Gasteiger partial charge >= 0.3 is 0 Å². The van der Waals surface area contributed by atoms with E-state index in [2.05, 4.69) is 10.3 Å². The van der Waals surface area contributed by atoms with Crippen LogP contribution < -0.4 is 5.32 Å². The van der Waals surface area contributed by atoms with E-state index in [-0.39, 0.29) is 11.8 Å². The fourth-order valence-corrected chi connectivity index (χ4v) is 3.01. The van der Waals surface area contributed by atoms with Crippen molar-refractivity contribution in [1.82, 2.24) is 9.88 Å². The summed E-state index contributed by atoms with van der Waals surface area (Å²) in [4.78, 5) is 31.3. The Hall–Kier alpha value is -2.69. The normalized spacial score (nSPS) is 17.4. The van der Waals surface area contributed by atoms with E-state index in [1.807, 2.05) is 37.3 Å². The lowest BCUT2D eigenvalue weighted by Crippen LogP contribution is -2.50. The summed E-state index contributed by atoms with van der Waals surface area (Å²) in [6, 6.07) is 12.4. The van der Waals surface area contributed by atoms with E-state index in [0.717, 1.165) is 18.4 Å². The van der Waals surface area contributed by atoms with Crippen molar-refractivity contribution in [3.8, 4) is 0 Å². The molecule has 1 aliphatic heterocycles. The second-order valence-corrected chi connectivity index (χ2v) is 6.08. The second-order valence-electron chi connectivity index (χ2n) is 6.08. The van der Waals surface area contributed by atoms with Crippen LogP contribution in [0.1, 0.15) is 35.2 Å². The Morgan fingerprint density at radius 2 is 1.96 bits per heavy atom. The number of hydrogen-bond donors (Lipinski definition) is 1. The third kappa shape index (κ3) is 3.62. The number of hydrogen-bond acceptors (Lipinski definition) is 3. The van der Waals surface area contributed by atoms with Gasteiger partial charge in [0.15, 0.2) is 0 Å². The molecule has 0 aliphatic carbocycles. The highest BCUT2D eigenvalue weighted by Gasteiger charge is 2.32. The van der Waals surface area contributed by atoms with Gasteiger partial charge in [-0.05, 0) is 56.0 Å². The minimum atomic E-state index is -0.450. The number of piperidine rings is 1. The lowest BCUT2D eigenvalue weighted by Gasteiger charge is -2.34. The molecule has 5 heteroatoms. The van der Waals surface area contributed by atoms with Crippen LogP contribution in [0.25, 0.3) is 0 Å². The smallest absolute Gasteiger partial charge is 0.254 e. The van der Waals surface area contributed by atoms with Crippen molar-refractivity contribution in [2.24, 2.45) is 0 Å². The number of anilines is 1. The highest BCUT2D eigenvalue weighted by atomic mass is 16.2. The molecule has 0 unspecified atom stereocenters. The van der Waals surface area contributed by atoms with Crippen LogP contribution in [0.4, 0.5) is 5.82 Å². The second kappa shape index (κ2) is 7.25. The highest BCUT2D eigenvalue weighted by Crippen LogP contribution is 2.21. The number of benzene rings is 1. The molecule has 5 nitrogen and oxygen atoms in total. The fourth-order valence-electron chi connectivity index (χ4n) is 3.01. The van der Waals surface area contributed by atoms with Gasteiger partial charge in [-0.1, -0.05) is 18.2 Å². The number of amides is 2. The molecule has 0 bridgehead atoms. The molecule has 0 radical (unpaired) electrons. The molecule has 0 saturated carbocycles. The molecule has 24 heavy (non-hydrogen) atoms. The molecule has 1 aliphatic rings. The number of rotatable bonds is 3. The predicted octanol–water partition coefficient (Wildman–Crippen LogP) is 3.02. The van der Waals surface area contributed by atoms with Gasteiger partial charge in [0.1, 0.15) is 11.9 Å². The third-order valence-corrected chi connectivity index (χ3v) is 4.25. The number of nitrogens with one attached hydrogen (secondary N) is 1. The summed E-state index contributed by atoms with van der Waals surface area (Å²) in [7, 11) is 0. The molecule has 2 amide bonds. The first-order valence-electron chi connectivity index (χ1n) is 8.25. The lowest BCUT2D eigenvalue weighted by molar-refractivity contribution is -0.121.